The van der Waals surface area contributed by atoms with E-state index in [0.29, 0.717) is 12.9 Å². The van der Waals surface area contributed by atoms with E-state index in [4.69, 9.17) is 0 Å². The lowest BCUT2D eigenvalue weighted by molar-refractivity contribution is -0.134. The normalized spacial score (nSPS) is 29.2. The molecule has 1 heterocycles. The van der Waals surface area contributed by atoms with Gasteiger partial charge in [-0.3, -0.25) is 9.59 Å². The lowest BCUT2D eigenvalue weighted by atomic mass is 9.92. The number of hydrogen-bond donors (Lipinski definition) is 1. The largest absolute Gasteiger partial charge is 0.465 e. The van der Waals surface area contributed by atoms with E-state index in [0.717, 1.165) is 12.8 Å². The van der Waals surface area contributed by atoms with Crippen LogP contribution in [0.2, 0.25) is 0 Å². The number of amides is 1. The summed E-state index contributed by atoms with van der Waals surface area (Å²) in [5, 5.41) is 2.80. The highest BCUT2D eigenvalue weighted by atomic mass is 16.5. The van der Waals surface area contributed by atoms with Crippen molar-refractivity contribution in [1.82, 2.24) is 5.32 Å². The van der Waals surface area contributed by atoms with Gasteiger partial charge in [0.15, 0.2) is 0 Å². The van der Waals surface area contributed by atoms with E-state index in [1.165, 1.54) is 0 Å². The molecule has 0 spiro atoms. The zero-order valence-corrected chi connectivity index (χ0v) is 7.13. The molecule has 1 unspecified atom stereocenters. The molecule has 0 aliphatic carbocycles. The molecular weight excluding hydrogens is 158 g/mol. The van der Waals surface area contributed by atoms with E-state index in [-0.39, 0.29) is 18.1 Å². The fourth-order valence-electron chi connectivity index (χ4n) is 1.43. The van der Waals surface area contributed by atoms with Gasteiger partial charge in [0.2, 0.25) is 5.91 Å². The van der Waals surface area contributed by atoms with Crippen molar-refractivity contribution in [3.05, 3.63) is 0 Å². The predicted octanol–water partition coefficient (Wildman–Crippen LogP) is 0.218. The Morgan fingerprint density at radius 3 is 3.08 bits per heavy atom. The van der Waals surface area contributed by atoms with Crippen LogP contribution in [-0.4, -0.2) is 24.5 Å². The molecule has 0 radical (unpaired) electrons. The quantitative estimate of drug-likeness (QED) is 0.618. The molecule has 0 saturated carbocycles. The number of nitrogens with one attached hydrogen (secondary N) is 1. The minimum Gasteiger partial charge on any atom is -0.465 e. The molecule has 1 aliphatic rings. The third-order valence-corrected chi connectivity index (χ3v) is 2.04. The summed E-state index contributed by atoms with van der Waals surface area (Å²) in [6.07, 6.45) is 2.31. The zero-order valence-electron chi connectivity index (χ0n) is 7.13. The van der Waals surface area contributed by atoms with E-state index in [2.05, 4.69) is 10.1 Å². The van der Waals surface area contributed by atoms with Gasteiger partial charge in [0.1, 0.15) is 6.61 Å². The van der Waals surface area contributed by atoms with Crippen LogP contribution < -0.4 is 5.32 Å². The van der Waals surface area contributed by atoms with Gasteiger partial charge in [0.05, 0.1) is 5.54 Å². The Morgan fingerprint density at radius 1 is 1.75 bits per heavy atom. The van der Waals surface area contributed by atoms with Crippen molar-refractivity contribution in [3.8, 4) is 0 Å². The number of carbonyl (C=O) groups is 2. The van der Waals surface area contributed by atoms with Crippen LogP contribution in [0.15, 0.2) is 0 Å². The van der Waals surface area contributed by atoms with Crippen molar-refractivity contribution in [2.75, 3.05) is 6.61 Å². The zero-order chi connectivity index (χ0) is 9.03. The second-order valence-corrected chi connectivity index (χ2v) is 3.37. The number of piperidine rings is 1. The van der Waals surface area contributed by atoms with Gasteiger partial charge < -0.3 is 10.1 Å². The molecule has 4 nitrogen and oxygen atoms in total. The molecule has 0 aromatic heterocycles. The maximum absolute atomic E-state index is 11.0. The second-order valence-electron chi connectivity index (χ2n) is 3.37. The molecule has 0 bridgehead atoms. The van der Waals surface area contributed by atoms with Gasteiger partial charge in [-0.1, -0.05) is 0 Å². The van der Waals surface area contributed by atoms with Crippen molar-refractivity contribution < 1.29 is 14.3 Å². The van der Waals surface area contributed by atoms with E-state index < -0.39 is 0 Å². The molecule has 0 aromatic carbocycles. The van der Waals surface area contributed by atoms with Gasteiger partial charge in [0.25, 0.3) is 6.47 Å². The molecule has 1 aliphatic heterocycles. The average Bonchev–Trinajstić information content (AvgIpc) is 2.01. The van der Waals surface area contributed by atoms with Gasteiger partial charge in [-0.15, -0.1) is 0 Å². The maximum Gasteiger partial charge on any atom is 0.293 e. The van der Waals surface area contributed by atoms with Crippen molar-refractivity contribution >= 4 is 12.4 Å². The molecule has 0 aromatic rings. The lowest BCUT2D eigenvalue weighted by Gasteiger charge is -2.33. The summed E-state index contributed by atoms with van der Waals surface area (Å²) in [5.74, 6) is 0.0400. The topological polar surface area (TPSA) is 55.4 Å². The Morgan fingerprint density at radius 2 is 2.50 bits per heavy atom. The predicted molar refractivity (Wildman–Crippen MR) is 42.4 cm³/mol. The van der Waals surface area contributed by atoms with E-state index >= 15 is 0 Å². The first-order valence-electron chi connectivity index (χ1n) is 4.02. The first-order valence-corrected chi connectivity index (χ1v) is 4.02. The van der Waals surface area contributed by atoms with Gasteiger partial charge in [-0.05, 0) is 19.8 Å². The van der Waals surface area contributed by atoms with Crippen LogP contribution in [0.5, 0.6) is 0 Å². The minimum atomic E-state index is -0.351. The highest BCUT2D eigenvalue weighted by Gasteiger charge is 2.30. The lowest BCUT2D eigenvalue weighted by Crippen LogP contribution is -2.52. The van der Waals surface area contributed by atoms with Gasteiger partial charge >= 0.3 is 0 Å². The molecule has 12 heavy (non-hydrogen) atoms. The maximum atomic E-state index is 11.0. The third kappa shape index (κ3) is 2.22. The van der Waals surface area contributed by atoms with E-state index in [1.54, 1.807) is 0 Å². The fraction of sp³-hybridized carbons (Fsp3) is 0.750. The third-order valence-electron chi connectivity index (χ3n) is 2.04. The molecule has 1 fully saturated rings. The summed E-state index contributed by atoms with van der Waals surface area (Å²) < 4.78 is 4.63. The van der Waals surface area contributed by atoms with Gasteiger partial charge in [-0.25, -0.2) is 0 Å². The highest BCUT2D eigenvalue weighted by Crippen LogP contribution is 2.19. The van der Waals surface area contributed by atoms with Crippen LogP contribution in [0.4, 0.5) is 0 Å². The average molecular weight is 171 g/mol. The molecule has 68 valence electrons. The standard InChI is InChI=1S/C8H13NO3/c1-8(5-12-6-10)4-2-3-7(11)9-8/h6H,2-5H2,1H3,(H,9,11). The minimum absolute atomic E-state index is 0.0400. The van der Waals surface area contributed by atoms with E-state index in [9.17, 15) is 9.59 Å². The SMILES string of the molecule is CC1(COC=O)CCCC(=O)N1. The molecule has 1 amide bonds. The van der Waals surface area contributed by atoms with Gasteiger partial charge in [-0.2, -0.15) is 0 Å². The fourth-order valence-corrected chi connectivity index (χ4v) is 1.43. The number of rotatable bonds is 3. The summed E-state index contributed by atoms with van der Waals surface area (Å²) in [6.45, 7) is 2.56. The van der Waals surface area contributed by atoms with Crippen LogP contribution in [0.3, 0.4) is 0 Å². The van der Waals surface area contributed by atoms with Crippen molar-refractivity contribution in [2.45, 2.75) is 31.7 Å². The molecule has 1 atom stereocenters. The van der Waals surface area contributed by atoms with Crippen LogP contribution in [0, 0.1) is 0 Å². The summed E-state index contributed by atoms with van der Waals surface area (Å²) in [6, 6.07) is 0. The van der Waals surface area contributed by atoms with Crippen molar-refractivity contribution in [1.29, 1.82) is 0 Å². The first kappa shape index (κ1) is 9.03. The smallest absolute Gasteiger partial charge is 0.293 e. The number of hydrogen-bond acceptors (Lipinski definition) is 3. The molecule has 1 saturated heterocycles. The number of ether oxygens (including phenoxy) is 1. The summed E-state index contributed by atoms with van der Waals surface area (Å²) in [5.41, 5.74) is -0.351. The van der Waals surface area contributed by atoms with Crippen molar-refractivity contribution in [2.24, 2.45) is 0 Å². The summed E-state index contributed by atoms with van der Waals surface area (Å²) in [7, 11) is 0. The second kappa shape index (κ2) is 3.56. The summed E-state index contributed by atoms with van der Waals surface area (Å²) in [4.78, 5) is 20.9. The van der Waals surface area contributed by atoms with Crippen molar-refractivity contribution in [3.63, 3.8) is 0 Å². The van der Waals surface area contributed by atoms with Gasteiger partial charge in [0, 0.05) is 6.42 Å². The Hall–Kier alpha value is -1.06. The van der Waals surface area contributed by atoms with Crippen LogP contribution in [0.1, 0.15) is 26.2 Å². The Kier molecular flexibility index (Phi) is 2.68. The molecule has 1 N–H and O–H groups in total. The monoisotopic (exact) mass is 171 g/mol. The van der Waals surface area contributed by atoms with Crippen LogP contribution >= 0.6 is 0 Å². The Balaban J connectivity index is 2.45. The molecule has 1 rings (SSSR count). The molecule has 4 heteroatoms. The number of carbonyl (C=O) groups excluding carboxylic acids is 2. The first-order chi connectivity index (χ1) is 5.66. The van der Waals surface area contributed by atoms with Crippen LogP contribution in [-0.2, 0) is 14.3 Å². The molecular formula is C8H13NO3. The highest BCUT2D eigenvalue weighted by molar-refractivity contribution is 5.77. The Bertz CT molecular complexity index is 193. The van der Waals surface area contributed by atoms with E-state index in [1.807, 2.05) is 6.92 Å². The summed E-state index contributed by atoms with van der Waals surface area (Å²) >= 11 is 0. The Labute approximate surface area is 71.3 Å². The van der Waals surface area contributed by atoms with Crippen LogP contribution in [0.25, 0.3) is 0 Å².